The van der Waals surface area contributed by atoms with E-state index in [1.54, 1.807) is 16.9 Å². The maximum absolute atomic E-state index is 12.9. The number of halogens is 1. The molecule has 2 heterocycles. The summed E-state index contributed by atoms with van der Waals surface area (Å²) in [5.41, 5.74) is 2.57. The lowest BCUT2D eigenvalue weighted by molar-refractivity contribution is -0.123. The van der Waals surface area contributed by atoms with Gasteiger partial charge in [0, 0.05) is 22.6 Å². The van der Waals surface area contributed by atoms with E-state index in [2.05, 4.69) is 31.7 Å². The summed E-state index contributed by atoms with van der Waals surface area (Å²) in [5, 5.41) is 10.1. The van der Waals surface area contributed by atoms with Crippen molar-refractivity contribution < 1.29 is 9.59 Å². The van der Waals surface area contributed by atoms with E-state index < -0.39 is 5.92 Å². The average Bonchev–Trinajstić information content (AvgIpc) is 3.09. The van der Waals surface area contributed by atoms with Crippen molar-refractivity contribution in [3.8, 4) is 0 Å². The molecule has 0 spiro atoms. The second-order valence-corrected chi connectivity index (χ2v) is 7.20. The van der Waals surface area contributed by atoms with Gasteiger partial charge in [0.1, 0.15) is 5.82 Å². The highest BCUT2D eigenvalue weighted by atomic mass is 79.9. The first kappa shape index (κ1) is 17.5. The molecule has 1 aliphatic rings. The SMILES string of the molecule is O=C1C[C@@H](C(=O)Nc2ccnn2Cc2ccccc2Br)c2ccccc2N1. The first-order valence-corrected chi connectivity index (χ1v) is 9.36. The molecular weight excluding hydrogens is 408 g/mol. The van der Waals surface area contributed by atoms with E-state index in [4.69, 9.17) is 0 Å². The van der Waals surface area contributed by atoms with Gasteiger partial charge in [0.2, 0.25) is 11.8 Å². The molecule has 0 saturated heterocycles. The van der Waals surface area contributed by atoms with Gasteiger partial charge >= 0.3 is 0 Å². The summed E-state index contributed by atoms with van der Waals surface area (Å²) in [5.74, 6) is -0.303. The average molecular weight is 425 g/mol. The van der Waals surface area contributed by atoms with Crippen molar-refractivity contribution in [1.29, 1.82) is 0 Å². The number of nitrogens with one attached hydrogen (secondary N) is 2. The van der Waals surface area contributed by atoms with Crippen LogP contribution in [0.1, 0.15) is 23.5 Å². The number of rotatable bonds is 4. The Bertz CT molecular complexity index is 1010. The molecule has 1 aliphatic heterocycles. The second kappa shape index (κ2) is 7.36. The molecule has 27 heavy (non-hydrogen) atoms. The smallest absolute Gasteiger partial charge is 0.233 e. The molecule has 0 fully saturated rings. The predicted octanol–water partition coefficient (Wildman–Crippen LogP) is 3.76. The highest BCUT2D eigenvalue weighted by molar-refractivity contribution is 9.10. The van der Waals surface area contributed by atoms with Gasteiger partial charge in [0.05, 0.1) is 18.7 Å². The summed E-state index contributed by atoms with van der Waals surface area (Å²) in [7, 11) is 0. The fourth-order valence-corrected chi connectivity index (χ4v) is 3.62. The van der Waals surface area contributed by atoms with E-state index in [0.717, 1.165) is 15.6 Å². The Morgan fingerprint density at radius 3 is 2.81 bits per heavy atom. The zero-order valence-electron chi connectivity index (χ0n) is 14.4. The molecule has 3 aromatic rings. The van der Waals surface area contributed by atoms with Crippen molar-refractivity contribution in [3.05, 3.63) is 76.4 Å². The van der Waals surface area contributed by atoms with Crippen LogP contribution < -0.4 is 10.6 Å². The van der Waals surface area contributed by atoms with Crippen LogP contribution in [0.3, 0.4) is 0 Å². The summed E-state index contributed by atoms with van der Waals surface area (Å²) in [6.07, 6.45) is 1.77. The van der Waals surface area contributed by atoms with E-state index in [9.17, 15) is 9.59 Å². The fourth-order valence-electron chi connectivity index (χ4n) is 3.21. The van der Waals surface area contributed by atoms with Gasteiger partial charge in [-0.1, -0.05) is 52.3 Å². The number of hydrogen-bond donors (Lipinski definition) is 2. The maximum Gasteiger partial charge on any atom is 0.233 e. The first-order valence-electron chi connectivity index (χ1n) is 8.56. The fraction of sp³-hybridized carbons (Fsp3) is 0.150. The Morgan fingerprint density at radius 2 is 1.96 bits per heavy atom. The number of para-hydroxylation sites is 1. The van der Waals surface area contributed by atoms with Crippen molar-refractivity contribution >= 4 is 39.2 Å². The topological polar surface area (TPSA) is 76.0 Å². The molecule has 0 radical (unpaired) electrons. The normalized spacial score (nSPS) is 15.7. The number of benzene rings is 2. The Kier molecular flexibility index (Phi) is 4.77. The van der Waals surface area contributed by atoms with Gasteiger partial charge < -0.3 is 10.6 Å². The Morgan fingerprint density at radius 1 is 1.19 bits per heavy atom. The number of carbonyl (C=O) groups excluding carboxylic acids is 2. The summed E-state index contributed by atoms with van der Waals surface area (Å²) in [6, 6.07) is 17.0. The highest BCUT2D eigenvalue weighted by Crippen LogP contribution is 2.32. The molecule has 1 aromatic heterocycles. The van der Waals surface area contributed by atoms with Crippen molar-refractivity contribution in [3.63, 3.8) is 0 Å². The van der Waals surface area contributed by atoms with Crippen LogP contribution in [-0.4, -0.2) is 21.6 Å². The van der Waals surface area contributed by atoms with Gasteiger partial charge in [0.25, 0.3) is 0 Å². The lowest BCUT2D eigenvalue weighted by atomic mass is 9.90. The van der Waals surface area contributed by atoms with E-state index in [0.29, 0.717) is 18.1 Å². The monoisotopic (exact) mass is 424 g/mol. The molecule has 0 aliphatic carbocycles. The Labute approximate surface area is 164 Å². The quantitative estimate of drug-likeness (QED) is 0.669. The van der Waals surface area contributed by atoms with Gasteiger partial charge in [-0.3, -0.25) is 9.59 Å². The number of fused-ring (bicyclic) bond motifs is 1. The van der Waals surface area contributed by atoms with Crippen LogP contribution in [0.25, 0.3) is 0 Å². The maximum atomic E-state index is 12.9. The molecular formula is C20H17BrN4O2. The van der Waals surface area contributed by atoms with E-state index >= 15 is 0 Å². The largest absolute Gasteiger partial charge is 0.326 e. The van der Waals surface area contributed by atoms with E-state index in [-0.39, 0.29) is 18.2 Å². The van der Waals surface area contributed by atoms with Crippen LogP contribution in [0, 0.1) is 0 Å². The molecule has 2 amide bonds. The van der Waals surface area contributed by atoms with Crippen molar-refractivity contribution in [2.24, 2.45) is 0 Å². The summed E-state index contributed by atoms with van der Waals surface area (Å²) in [6.45, 7) is 0.520. The minimum Gasteiger partial charge on any atom is -0.326 e. The van der Waals surface area contributed by atoms with Gasteiger partial charge in [-0.2, -0.15) is 5.10 Å². The minimum atomic E-state index is -0.526. The Balaban J connectivity index is 1.56. The number of carbonyl (C=O) groups is 2. The molecule has 1 atom stereocenters. The standard InChI is InChI=1S/C20H17BrN4O2/c21-16-7-3-1-5-13(16)12-25-18(9-10-22-25)24-20(27)15-11-19(26)23-17-8-4-2-6-14(15)17/h1-10,15H,11-12H2,(H,23,26)(H,24,27)/t15-/m1/s1. The highest BCUT2D eigenvalue weighted by Gasteiger charge is 2.30. The van der Waals surface area contributed by atoms with Crippen LogP contribution in [0.5, 0.6) is 0 Å². The van der Waals surface area contributed by atoms with Gasteiger partial charge in [-0.15, -0.1) is 0 Å². The number of hydrogen-bond acceptors (Lipinski definition) is 3. The van der Waals surface area contributed by atoms with Gasteiger partial charge in [0.15, 0.2) is 0 Å². The first-order chi connectivity index (χ1) is 13.1. The van der Waals surface area contributed by atoms with Crippen LogP contribution in [-0.2, 0) is 16.1 Å². The summed E-state index contributed by atoms with van der Waals surface area (Å²) < 4.78 is 2.71. The van der Waals surface area contributed by atoms with Crippen molar-refractivity contribution in [2.45, 2.75) is 18.9 Å². The lowest BCUT2D eigenvalue weighted by Crippen LogP contribution is -2.31. The number of amides is 2. The zero-order chi connectivity index (χ0) is 18.8. The molecule has 0 bridgehead atoms. The summed E-state index contributed by atoms with van der Waals surface area (Å²) in [4.78, 5) is 24.9. The molecule has 6 nitrogen and oxygen atoms in total. The van der Waals surface area contributed by atoms with Crippen molar-refractivity contribution in [1.82, 2.24) is 9.78 Å². The van der Waals surface area contributed by atoms with E-state index in [1.165, 1.54) is 0 Å². The van der Waals surface area contributed by atoms with Gasteiger partial charge in [-0.05, 0) is 23.3 Å². The third-order valence-electron chi connectivity index (χ3n) is 4.56. The molecule has 4 rings (SSSR count). The van der Waals surface area contributed by atoms with Gasteiger partial charge in [-0.25, -0.2) is 4.68 Å². The second-order valence-electron chi connectivity index (χ2n) is 6.35. The van der Waals surface area contributed by atoms with Crippen LogP contribution in [0.2, 0.25) is 0 Å². The third-order valence-corrected chi connectivity index (χ3v) is 5.34. The number of nitrogens with zero attached hydrogens (tertiary/aromatic N) is 2. The summed E-state index contributed by atoms with van der Waals surface area (Å²) >= 11 is 3.53. The number of anilines is 2. The zero-order valence-corrected chi connectivity index (χ0v) is 15.9. The molecule has 7 heteroatoms. The minimum absolute atomic E-state index is 0.126. The molecule has 0 saturated carbocycles. The lowest BCUT2D eigenvalue weighted by Gasteiger charge is -2.24. The molecule has 136 valence electrons. The van der Waals surface area contributed by atoms with E-state index in [1.807, 2.05) is 48.5 Å². The Hall–Kier alpha value is -2.93. The van der Waals surface area contributed by atoms with Crippen LogP contribution in [0.4, 0.5) is 11.5 Å². The molecule has 2 aromatic carbocycles. The molecule has 2 N–H and O–H groups in total. The van der Waals surface area contributed by atoms with Crippen molar-refractivity contribution in [2.75, 3.05) is 10.6 Å². The molecule has 0 unspecified atom stereocenters. The number of aromatic nitrogens is 2. The van der Waals surface area contributed by atoms with Crippen LogP contribution in [0.15, 0.2) is 65.3 Å². The predicted molar refractivity (Wildman–Crippen MR) is 107 cm³/mol. The third kappa shape index (κ3) is 3.64. The van der Waals surface area contributed by atoms with Crippen LogP contribution >= 0.6 is 15.9 Å².